The molecule has 1 amide bonds. The predicted octanol–water partition coefficient (Wildman–Crippen LogP) is 3.82. The average Bonchev–Trinajstić information content (AvgIpc) is 2.61. The summed E-state index contributed by atoms with van der Waals surface area (Å²) in [5.41, 5.74) is -0.147. The van der Waals surface area contributed by atoms with E-state index in [1.807, 2.05) is 13.8 Å². The van der Waals surface area contributed by atoms with Crippen molar-refractivity contribution in [3.8, 4) is 0 Å². The van der Waals surface area contributed by atoms with Gasteiger partial charge in [0.1, 0.15) is 5.60 Å². The normalized spacial score (nSPS) is 16.8. The lowest BCUT2D eigenvalue weighted by Gasteiger charge is -2.33. The second kappa shape index (κ2) is 10.6. The zero-order chi connectivity index (χ0) is 24.0. The van der Waals surface area contributed by atoms with Crippen LogP contribution >= 0.6 is 11.6 Å². The molecular weight excluding hydrogens is 426 g/mol. The Labute approximate surface area is 187 Å². The number of nitrogens with one attached hydrogen (secondary N) is 1. The second-order valence-electron chi connectivity index (χ2n) is 8.11. The summed E-state index contributed by atoms with van der Waals surface area (Å²) in [6.45, 7) is 11.8. The third-order valence-corrected chi connectivity index (χ3v) is 4.09. The number of Topliss-reactive ketones (excluding diaryl/α,β-unsaturated/α-hetero) is 1. The maximum Gasteiger partial charge on any atom is 0.408 e. The van der Waals surface area contributed by atoms with E-state index in [4.69, 9.17) is 25.8 Å². The number of esters is 2. The number of ketones is 1. The van der Waals surface area contributed by atoms with Crippen molar-refractivity contribution >= 4 is 35.4 Å². The van der Waals surface area contributed by atoms with Crippen molar-refractivity contribution in [2.24, 2.45) is 5.92 Å². The molecule has 0 radical (unpaired) electrons. The van der Waals surface area contributed by atoms with Crippen LogP contribution < -0.4 is 5.32 Å². The van der Waals surface area contributed by atoms with Crippen LogP contribution in [-0.2, 0) is 35.0 Å². The Hall–Kier alpha value is -2.61. The van der Waals surface area contributed by atoms with E-state index >= 15 is 0 Å². The van der Waals surface area contributed by atoms with E-state index in [2.05, 4.69) is 5.32 Å². The first-order valence-corrected chi connectivity index (χ1v) is 10.4. The molecule has 1 unspecified atom stereocenters. The van der Waals surface area contributed by atoms with Crippen LogP contribution in [0.5, 0.6) is 0 Å². The molecule has 172 valence electrons. The molecule has 1 aromatic rings. The van der Waals surface area contributed by atoms with Crippen LogP contribution in [0.25, 0.3) is 0 Å². The molecule has 0 spiro atoms. The number of halogens is 1. The van der Waals surface area contributed by atoms with Crippen molar-refractivity contribution in [2.75, 3.05) is 0 Å². The van der Waals surface area contributed by atoms with E-state index in [1.165, 1.54) is 13.8 Å². The molecule has 1 aromatic carbocycles. The van der Waals surface area contributed by atoms with Crippen LogP contribution in [0.4, 0.5) is 4.79 Å². The summed E-state index contributed by atoms with van der Waals surface area (Å²) in [4.78, 5) is 49.8. The topological polar surface area (TPSA) is 108 Å². The van der Waals surface area contributed by atoms with Gasteiger partial charge in [0, 0.05) is 18.9 Å². The number of alkyl carbamates (subject to hydrolysis) is 1. The standard InChI is InChI=1S/C20H24ClNO7.C2H6/c1-19(2,3)29-18(26)22-13(10-11-6-8-12(21)9-7-11)15(23)14-16(24)27-20(4,5)28-17(14)25;1-2/h6-9,13-14H,10H2,1-5H3,(H,22,26);1-2H3. The smallest absolute Gasteiger partial charge is 0.408 e. The van der Waals surface area contributed by atoms with Crippen LogP contribution in [0.3, 0.4) is 0 Å². The SMILES string of the molecule is CC.CC(C)(C)OC(=O)NC(Cc1ccc(Cl)cc1)C(=O)C1C(=O)OC(C)(C)OC1=O. The molecule has 0 saturated carbocycles. The van der Waals surface area contributed by atoms with Gasteiger partial charge in [-0.2, -0.15) is 0 Å². The van der Waals surface area contributed by atoms with Crippen molar-refractivity contribution in [1.29, 1.82) is 0 Å². The molecule has 0 aromatic heterocycles. The molecule has 0 bridgehead atoms. The van der Waals surface area contributed by atoms with Crippen LogP contribution in [0.1, 0.15) is 54.0 Å². The summed E-state index contributed by atoms with van der Waals surface area (Å²) in [7, 11) is 0. The van der Waals surface area contributed by atoms with Gasteiger partial charge in [0.05, 0.1) is 6.04 Å². The van der Waals surface area contributed by atoms with Gasteiger partial charge in [-0.25, -0.2) is 4.79 Å². The number of ether oxygens (including phenoxy) is 3. The molecule has 1 fully saturated rings. The number of hydrogen-bond acceptors (Lipinski definition) is 7. The number of cyclic esters (lactones) is 2. The second-order valence-corrected chi connectivity index (χ2v) is 8.54. The molecule has 1 aliphatic rings. The van der Waals surface area contributed by atoms with Crippen LogP contribution in [-0.4, -0.2) is 41.2 Å². The molecule has 2 rings (SSSR count). The van der Waals surface area contributed by atoms with E-state index < -0.39 is 47.2 Å². The molecule has 1 saturated heterocycles. The van der Waals surface area contributed by atoms with Gasteiger partial charge in [-0.05, 0) is 44.9 Å². The maximum atomic E-state index is 13.0. The number of benzene rings is 1. The number of amides is 1. The Bertz CT molecular complexity index is 792. The highest BCUT2D eigenvalue weighted by atomic mass is 35.5. The lowest BCUT2D eigenvalue weighted by molar-refractivity contribution is -0.238. The van der Waals surface area contributed by atoms with Crippen LogP contribution in [0.15, 0.2) is 24.3 Å². The summed E-state index contributed by atoms with van der Waals surface area (Å²) in [5, 5.41) is 2.93. The Balaban J connectivity index is 0.00000233. The van der Waals surface area contributed by atoms with Gasteiger partial charge in [0.25, 0.3) is 5.79 Å². The molecule has 1 heterocycles. The zero-order valence-electron chi connectivity index (χ0n) is 18.9. The summed E-state index contributed by atoms with van der Waals surface area (Å²) in [6.07, 6.45) is -0.849. The van der Waals surface area contributed by atoms with Gasteiger partial charge in [0.15, 0.2) is 5.78 Å². The number of carbonyl (C=O) groups is 4. The summed E-state index contributed by atoms with van der Waals surface area (Å²) in [6, 6.07) is 5.35. The molecule has 1 aliphatic heterocycles. The number of rotatable bonds is 5. The fraction of sp³-hybridized carbons (Fsp3) is 0.545. The minimum atomic E-state index is -1.80. The van der Waals surface area contributed by atoms with Crippen molar-refractivity contribution in [3.63, 3.8) is 0 Å². The van der Waals surface area contributed by atoms with Crippen LogP contribution in [0.2, 0.25) is 5.02 Å². The molecular formula is C22H30ClNO7. The van der Waals surface area contributed by atoms with Crippen molar-refractivity contribution in [1.82, 2.24) is 5.32 Å². The third-order valence-electron chi connectivity index (χ3n) is 3.84. The summed E-state index contributed by atoms with van der Waals surface area (Å²) < 4.78 is 15.2. The number of carbonyl (C=O) groups excluding carboxylic acids is 4. The molecule has 1 atom stereocenters. The molecule has 0 aliphatic carbocycles. The zero-order valence-corrected chi connectivity index (χ0v) is 19.7. The fourth-order valence-electron chi connectivity index (χ4n) is 2.68. The highest BCUT2D eigenvalue weighted by Gasteiger charge is 2.49. The lowest BCUT2D eigenvalue weighted by Crippen LogP contribution is -2.55. The fourth-order valence-corrected chi connectivity index (χ4v) is 2.81. The predicted molar refractivity (Wildman–Crippen MR) is 114 cm³/mol. The van der Waals surface area contributed by atoms with Gasteiger partial charge in [-0.1, -0.05) is 37.6 Å². The molecule has 31 heavy (non-hydrogen) atoms. The lowest BCUT2D eigenvalue weighted by atomic mass is 9.92. The first kappa shape index (κ1) is 26.4. The van der Waals surface area contributed by atoms with E-state index in [0.29, 0.717) is 10.6 Å². The van der Waals surface area contributed by atoms with Crippen molar-refractivity contribution < 1.29 is 33.4 Å². The first-order valence-electron chi connectivity index (χ1n) is 10.0. The van der Waals surface area contributed by atoms with Gasteiger partial charge < -0.3 is 19.5 Å². The Morgan fingerprint density at radius 2 is 1.58 bits per heavy atom. The van der Waals surface area contributed by atoms with Gasteiger partial charge in [-0.15, -0.1) is 0 Å². The largest absolute Gasteiger partial charge is 0.444 e. The monoisotopic (exact) mass is 455 g/mol. The Morgan fingerprint density at radius 1 is 1.10 bits per heavy atom. The van der Waals surface area contributed by atoms with Gasteiger partial charge in [0.2, 0.25) is 5.92 Å². The molecule has 8 nitrogen and oxygen atoms in total. The highest BCUT2D eigenvalue weighted by Crippen LogP contribution is 2.25. The quantitative estimate of drug-likeness (QED) is 0.531. The minimum Gasteiger partial charge on any atom is -0.444 e. The average molecular weight is 456 g/mol. The summed E-state index contributed by atoms with van der Waals surface area (Å²) in [5.74, 6) is -6.16. The maximum absolute atomic E-state index is 13.0. The minimum absolute atomic E-state index is 0.00962. The van der Waals surface area contributed by atoms with Gasteiger partial charge in [-0.3, -0.25) is 14.4 Å². The van der Waals surface area contributed by atoms with E-state index in [0.717, 1.165) is 0 Å². The molecule has 1 N–H and O–H groups in total. The third kappa shape index (κ3) is 8.20. The Morgan fingerprint density at radius 3 is 2.03 bits per heavy atom. The Kier molecular flexibility index (Phi) is 9.05. The first-order chi connectivity index (χ1) is 14.3. The van der Waals surface area contributed by atoms with Gasteiger partial charge >= 0.3 is 18.0 Å². The van der Waals surface area contributed by atoms with E-state index in [-0.39, 0.29) is 6.42 Å². The molecule has 9 heteroatoms. The van der Waals surface area contributed by atoms with Crippen molar-refractivity contribution in [2.45, 2.75) is 72.3 Å². The number of hydrogen-bond donors (Lipinski definition) is 1. The highest BCUT2D eigenvalue weighted by molar-refractivity contribution is 6.30. The van der Waals surface area contributed by atoms with E-state index in [1.54, 1.807) is 45.0 Å². The van der Waals surface area contributed by atoms with E-state index in [9.17, 15) is 19.2 Å². The van der Waals surface area contributed by atoms with Crippen LogP contribution in [0, 0.1) is 5.92 Å². The summed E-state index contributed by atoms with van der Waals surface area (Å²) >= 11 is 5.88. The van der Waals surface area contributed by atoms with Crippen molar-refractivity contribution in [3.05, 3.63) is 34.9 Å².